The zero-order valence-electron chi connectivity index (χ0n) is 20.7. The molecule has 2 aromatic carbocycles. The van der Waals surface area contributed by atoms with Gasteiger partial charge in [0.05, 0.1) is 17.1 Å². The number of alkyl halides is 3. The molecular formula is C26H30F4N4OS. The molecule has 0 aliphatic carbocycles. The van der Waals surface area contributed by atoms with Crippen molar-refractivity contribution >= 4 is 34.0 Å². The van der Waals surface area contributed by atoms with Crippen molar-refractivity contribution in [2.45, 2.75) is 31.0 Å². The van der Waals surface area contributed by atoms with E-state index in [4.69, 9.17) is 0 Å². The lowest BCUT2D eigenvalue weighted by molar-refractivity contribution is -0.146. The van der Waals surface area contributed by atoms with Gasteiger partial charge in [0.15, 0.2) is 0 Å². The van der Waals surface area contributed by atoms with Gasteiger partial charge in [0, 0.05) is 44.7 Å². The highest BCUT2D eigenvalue weighted by Crippen LogP contribution is 2.34. The molecule has 3 aromatic rings. The van der Waals surface area contributed by atoms with Gasteiger partial charge in [-0.15, -0.1) is 11.8 Å². The summed E-state index contributed by atoms with van der Waals surface area (Å²) in [5.41, 5.74) is 2.35. The van der Waals surface area contributed by atoms with E-state index in [1.54, 1.807) is 17.7 Å². The Bertz CT molecular complexity index is 1320. The molecule has 1 N–H and O–H groups in total. The molecule has 1 atom stereocenters. The number of fused-ring (bicyclic) bond motifs is 1. The summed E-state index contributed by atoms with van der Waals surface area (Å²) in [5.74, 6) is 0.377. The number of benzene rings is 2. The molecule has 0 amide bonds. The Hall–Kier alpha value is -2.72. The maximum Gasteiger partial charge on any atom is 0.401 e. The van der Waals surface area contributed by atoms with Crippen LogP contribution in [0.3, 0.4) is 0 Å². The molecule has 4 rings (SSSR count). The van der Waals surface area contributed by atoms with Crippen LogP contribution in [0, 0.1) is 12.7 Å². The van der Waals surface area contributed by atoms with Crippen molar-refractivity contribution < 1.29 is 17.6 Å². The minimum atomic E-state index is -4.23. The molecule has 1 aliphatic rings. The first-order valence-electron chi connectivity index (χ1n) is 11.8. The highest BCUT2D eigenvalue weighted by atomic mass is 32.2. The Balaban J connectivity index is 1.70. The van der Waals surface area contributed by atoms with Crippen LogP contribution in [0.15, 0.2) is 46.1 Å². The number of hydrogen-bond acceptors (Lipinski definition) is 5. The molecule has 36 heavy (non-hydrogen) atoms. The van der Waals surface area contributed by atoms with Gasteiger partial charge in [-0.2, -0.15) is 13.2 Å². The fourth-order valence-corrected chi connectivity index (χ4v) is 5.48. The lowest BCUT2D eigenvalue weighted by atomic mass is 9.97. The summed E-state index contributed by atoms with van der Waals surface area (Å²) in [6.07, 6.45) is -2.41. The summed E-state index contributed by atoms with van der Waals surface area (Å²) in [6, 6.07) is 10.5. The Morgan fingerprint density at radius 1 is 1.08 bits per heavy atom. The minimum absolute atomic E-state index is 0.159. The van der Waals surface area contributed by atoms with Gasteiger partial charge < -0.3 is 10.2 Å². The topological polar surface area (TPSA) is 40.5 Å². The average Bonchev–Trinajstić information content (AvgIpc) is 2.81. The smallest absolute Gasteiger partial charge is 0.378 e. The third-order valence-electron chi connectivity index (χ3n) is 6.62. The Morgan fingerprint density at radius 3 is 2.42 bits per heavy atom. The molecule has 2 heterocycles. The molecule has 0 spiro atoms. The minimum Gasteiger partial charge on any atom is -0.378 e. The number of piperazine rings is 1. The van der Waals surface area contributed by atoms with Crippen LogP contribution < -0.4 is 15.8 Å². The van der Waals surface area contributed by atoms with E-state index >= 15 is 0 Å². The van der Waals surface area contributed by atoms with Crippen LogP contribution in [0.1, 0.15) is 24.1 Å². The number of hydrogen-bond donors (Lipinski definition) is 1. The number of rotatable bonds is 6. The molecule has 1 saturated heterocycles. The van der Waals surface area contributed by atoms with Crippen molar-refractivity contribution in [1.29, 1.82) is 0 Å². The molecule has 0 unspecified atom stereocenters. The molecule has 1 aliphatic heterocycles. The van der Waals surface area contributed by atoms with Crippen molar-refractivity contribution in [3.8, 4) is 0 Å². The fraction of sp³-hybridized carbons (Fsp3) is 0.423. The molecule has 194 valence electrons. The maximum absolute atomic E-state index is 14.3. The second-order valence-corrected chi connectivity index (χ2v) is 10.1. The first-order valence-corrected chi connectivity index (χ1v) is 13.0. The second kappa shape index (κ2) is 10.3. The predicted octanol–water partition coefficient (Wildman–Crippen LogP) is 5.57. The Kier molecular flexibility index (Phi) is 7.56. The zero-order chi connectivity index (χ0) is 26.2. The van der Waals surface area contributed by atoms with Gasteiger partial charge in [-0.25, -0.2) is 4.39 Å². The van der Waals surface area contributed by atoms with Gasteiger partial charge in [0.2, 0.25) is 0 Å². The first kappa shape index (κ1) is 26.3. The predicted molar refractivity (Wildman–Crippen MR) is 139 cm³/mol. The molecular weight excluding hydrogens is 492 g/mol. The molecule has 0 saturated carbocycles. The average molecular weight is 523 g/mol. The first-order chi connectivity index (χ1) is 17.0. The van der Waals surface area contributed by atoms with Crippen LogP contribution in [0.4, 0.5) is 29.1 Å². The van der Waals surface area contributed by atoms with Gasteiger partial charge in [-0.1, -0.05) is 12.1 Å². The van der Waals surface area contributed by atoms with Crippen molar-refractivity contribution in [2.24, 2.45) is 7.05 Å². The Labute approximate surface area is 212 Å². The van der Waals surface area contributed by atoms with Crippen LogP contribution in [-0.2, 0) is 7.05 Å². The van der Waals surface area contributed by atoms with E-state index in [0.29, 0.717) is 34.9 Å². The summed E-state index contributed by atoms with van der Waals surface area (Å²) >= 11 is 1.32. The molecule has 10 heteroatoms. The normalized spacial score (nSPS) is 15.9. The molecule has 0 radical (unpaired) electrons. The fourth-order valence-electron chi connectivity index (χ4n) is 4.87. The van der Waals surface area contributed by atoms with Gasteiger partial charge in [0.25, 0.3) is 5.56 Å². The number of halogens is 4. The van der Waals surface area contributed by atoms with Crippen molar-refractivity contribution in [3.63, 3.8) is 0 Å². The number of nitrogens with one attached hydrogen (secondary N) is 1. The number of aryl methyl sites for hydroxylation is 1. The van der Waals surface area contributed by atoms with Crippen molar-refractivity contribution in [3.05, 3.63) is 63.7 Å². The highest BCUT2D eigenvalue weighted by molar-refractivity contribution is 7.98. The lowest BCUT2D eigenvalue weighted by Gasteiger charge is -2.37. The van der Waals surface area contributed by atoms with E-state index in [1.165, 1.54) is 22.7 Å². The number of pyridine rings is 1. The van der Waals surface area contributed by atoms with E-state index in [1.807, 2.05) is 49.3 Å². The van der Waals surface area contributed by atoms with E-state index in [-0.39, 0.29) is 30.5 Å². The van der Waals surface area contributed by atoms with Crippen LogP contribution in [0.2, 0.25) is 0 Å². The van der Waals surface area contributed by atoms with Gasteiger partial charge in [-0.3, -0.25) is 14.3 Å². The molecule has 0 bridgehead atoms. The number of anilines is 2. The monoisotopic (exact) mass is 522 g/mol. The molecule has 1 aromatic heterocycles. The summed E-state index contributed by atoms with van der Waals surface area (Å²) in [4.78, 5) is 17.3. The standard InChI is InChI=1S/C26H30F4N4OS/c1-16-12-18(17(2)31-22-7-5-6-21(27)24(22)36-4)19-14-23(32(3)25(35)20(19)13-16)34-10-8-33(9-11-34)15-26(28,29)30/h5-7,12-14,17,31H,8-11,15H2,1-4H3/t17-/m1/s1. The number of thioether (sulfide) groups is 1. The van der Waals surface area contributed by atoms with Crippen LogP contribution in [0.25, 0.3) is 10.8 Å². The zero-order valence-corrected chi connectivity index (χ0v) is 21.6. The van der Waals surface area contributed by atoms with Crippen LogP contribution >= 0.6 is 11.8 Å². The lowest BCUT2D eigenvalue weighted by Crippen LogP contribution is -2.50. The number of nitrogens with zero attached hydrogens (tertiary/aromatic N) is 3. The van der Waals surface area contributed by atoms with Crippen molar-refractivity contribution in [1.82, 2.24) is 9.47 Å². The summed E-state index contributed by atoms with van der Waals surface area (Å²) in [7, 11) is 1.69. The summed E-state index contributed by atoms with van der Waals surface area (Å²) in [6.45, 7) is 4.29. The van der Waals surface area contributed by atoms with E-state index in [0.717, 1.165) is 16.5 Å². The Morgan fingerprint density at radius 2 is 1.78 bits per heavy atom. The summed E-state index contributed by atoms with van der Waals surface area (Å²) in [5, 5.41) is 4.75. The van der Waals surface area contributed by atoms with Crippen LogP contribution in [-0.4, -0.2) is 54.6 Å². The largest absolute Gasteiger partial charge is 0.401 e. The van der Waals surface area contributed by atoms with E-state index in [2.05, 4.69) is 5.32 Å². The van der Waals surface area contributed by atoms with E-state index in [9.17, 15) is 22.4 Å². The van der Waals surface area contributed by atoms with Gasteiger partial charge >= 0.3 is 6.18 Å². The third kappa shape index (κ3) is 5.49. The van der Waals surface area contributed by atoms with Crippen LogP contribution in [0.5, 0.6) is 0 Å². The summed E-state index contributed by atoms with van der Waals surface area (Å²) < 4.78 is 54.3. The van der Waals surface area contributed by atoms with Crippen molar-refractivity contribution in [2.75, 3.05) is 49.2 Å². The quantitative estimate of drug-likeness (QED) is 0.339. The van der Waals surface area contributed by atoms with Gasteiger partial charge in [-0.05, 0) is 60.9 Å². The maximum atomic E-state index is 14.3. The highest BCUT2D eigenvalue weighted by Gasteiger charge is 2.32. The SMILES string of the molecule is CSc1c(F)cccc1N[C@H](C)c1cc(C)cc2c(=O)n(C)c(N3CCN(CC(F)(F)F)CC3)cc12. The second-order valence-electron chi connectivity index (χ2n) is 9.25. The molecule has 1 fully saturated rings. The third-order valence-corrected chi connectivity index (χ3v) is 7.44. The van der Waals surface area contributed by atoms with Gasteiger partial charge in [0.1, 0.15) is 11.6 Å². The number of aromatic nitrogens is 1. The van der Waals surface area contributed by atoms with E-state index < -0.39 is 12.7 Å². The molecule has 5 nitrogen and oxygen atoms in total.